The minimum absolute atomic E-state index is 0.0632. The minimum Gasteiger partial charge on any atom is -0.339 e. The average Bonchev–Trinajstić information content (AvgIpc) is 2.17. The smallest absolute Gasteiger partial charge is 0.237 e. The lowest BCUT2D eigenvalue weighted by Gasteiger charge is -2.38. The van der Waals surface area contributed by atoms with E-state index in [0.29, 0.717) is 6.04 Å². The van der Waals surface area contributed by atoms with E-state index in [1.807, 2.05) is 4.90 Å². The molecule has 0 spiro atoms. The Morgan fingerprint density at radius 1 is 1.54 bits per heavy atom. The standard InChI is InChI=1S/C9H17ClN2O/c1-3-8-7-12(9(13)6-10)5-4-11(8)2/h8H,3-7H2,1-2H3. The maximum Gasteiger partial charge on any atom is 0.237 e. The largest absolute Gasteiger partial charge is 0.339 e. The second-order valence-electron chi connectivity index (χ2n) is 3.52. The molecule has 0 radical (unpaired) electrons. The zero-order chi connectivity index (χ0) is 9.84. The number of piperazine rings is 1. The van der Waals surface area contributed by atoms with Crippen LogP contribution in [0.15, 0.2) is 0 Å². The van der Waals surface area contributed by atoms with E-state index in [1.165, 1.54) is 0 Å². The van der Waals surface area contributed by atoms with E-state index < -0.39 is 0 Å². The van der Waals surface area contributed by atoms with Crippen LogP contribution in [-0.2, 0) is 4.79 Å². The summed E-state index contributed by atoms with van der Waals surface area (Å²) in [5, 5.41) is 0. The lowest BCUT2D eigenvalue weighted by atomic mass is 10.1. The molecule has 0 aromatic carbocycles. The maximum atomic E-state index is 11.3. The fourth-order valence-electron chi connectivity index (χ4n) is 1.70. The summed E-state index contributed by atoms with van der Waals surface area (Å²) in [5.74, 6) is 0.174. The van der Waals surface area contributed by atoms with Crippen LogP contribution in [0.25, 0.3) is 0 Å². The molecular formula is C9H17ClN2O. The molecule has 0 aromatic heterocycles. The number of carbonyl (C=O) groups is 1. The molecule has 1 atom stereocenters. The molecule has 1 unspecified atom stereocenters. The lowest BCUT2D eigenvalue weighted by molar-refractivity contribution is -0.131. The number of hydrogen-bond acceptors (Lipinski definition) is 2. The van der Waals surface area contributed by atoms with Gasteiger partial charge in [-0.3, -0.25) is 9.69 Å². The minimum atomic E-state index is 0.0632. The molecule has 1 rings (SSSR count). The van der Waals surface area contributed by atoms with Gasteiger partial charge in [-0.05, 0) is 13.5 Å². The SMILES string of the molecule is CCC1CN(C(=O)CCl)CCN1C. The Labute approximate surface area is 84.6 Å². The third kappa shape index (κ3) is 2.58. The van der Waals surface area contributed by atoms with Crippen molar-refractivity contribution in [1.82, 2.24) is 9.80 Å². The van der Waals surface area contributed by atoms with Crippen LogP contribution in [0, 0.1) is 0 Å². The fraction of sp³-hybridized carbons (Fsp3) is 0.889. The molecule has 1 amide bonds. The summed E-state index contributed by atoms with van der Waals surface area (Å²) in [4.78, 5) is 15.5. The first-order chi connectivity index (χ1) is 6.19. The van der Waals surface area contributed by atoms with E-state index in [1.54, 1.807) is 0 Å². The van der Waals surface area contributed by atoms with Gasteiger partial charge >= 0.3 is 0 Å². The zero-order valence-electron chi connectivity index (χ0n) is 8.29. The van der Waals surface area contributed by atoms with Crippen molar-refractivity contribution in [2.45, 2.75) is 19.4 Å². The van der Waals surface area contributed by atoms with Gasteiger partial charge in [-0.1, -0.05) is 6.92 Å². The van der Waals surface area contributed by atoms with Gasteiger partial charge in [0.1, 0.15) is 5.88 Å². The van der Waals surface area contributed by atoms with E-state index in [2.05, 4.69) is 18.9 Å². The highest BCUT2D eigenvalue weighted by atomic mass is 35.5. The molecular weight excluding hydrogens is 188 g/mol. The van der Waals surface area contributed by atoms with E-state index in [4.69, 9.17) is 11.6 Å². The number of halogens is 1. The monoisotopic (exact) mass is 204 g/mol. The van der Waals surface area contributed by atoms with Gasteiger partial charge in [0.05, 0.1) is 0 Å². The van der Waals surface area contributed by atoms with Crippen LogP contribution in [0.3, 0.4) is 0 Å². The number of hydrogen-bond donors (Lipinski definition) is 0. The molecule has 0 aliphatic carbocycles. The van der Waals surface area contributed by atoms with Crippen molar-refractivity contribution in [2.24, 2.45) is 0 Å². The Morgan fingerprint density at radius 3 is 2.77 bits per heavy atom. The van der Waals surface area contributed by atoms with Crippen LogP contribution in [-0.4, -0.2) is 54.3 Å². The molecule has 1 aliphatic heterocycles. The Hall–Kier alpha value is -0.280. The summed E-state index contributed by atoms with van der Waals surface area (Å²) in [5.41, 5.74) is 0. The van der Waals surface area contributed by atoms with Gasteiger partial charge < -0.3 is 4.90 Å². The second-order valence-corrected chi connectivity index (χ2v) is 3.78. The molecule has 0 N–H and O–H groups in total. The number of alkyl halides is 1. The fourth-order valence-corrected chi connectivity index (χ4v) is 1.87. The lowest BCUT2D eigenvalue weighted by Crippen LogP contribution is -2.53. The van der Waals surface area contributed by atoms with Crippen LogP contribution in [0.1, 0.15) is 13.3 Å². The van der Waals surface area contributed by atoms with Crippen molar-refractivity contribution in [3.8, 4) is 0 Å². The summed E-state index contributed by atoms with van der Waals surface area (Å²) >= 11 is 5.51. The maximum absolute atomic E-state index is 11.3. The Balaban J connectivity index is 2.49. The van der Waals surface area contributed by atoms with Crippen molar-refractivity contribution < 1.29 is 4.79 Å². The number of nitrogens with zero attached hydrogens (tertiary/aromatic N) is 2. The number of likely N-dealkylation sites (N-methyl/N-ethyl adjacent to an activating group) is 1. The van der Waals surface area contributed by atoms with Gasteiger partial charge in [-0.2, -0.15) is 0 Å². The Kier molecular flexibility index (Phi) is 4.00. The van der Waals surface area contributed by atoms with Crippen LogP contribution in [0.5, 0.6) is 0 Å². The quantitative estimate of drug-likeness (QED) is 0.621. The van der Waals surface area contributed by atoms with Crippen molar-refractivity contribution in [3.05, 3.63) is 0 Å². The summed E-state index contributed by atoms with van der Waals surface area (Å²) in [6.07, 6.45) is 1.09. The van der Waals surface area contributed by atoms with Gasteiger partial charge in [0, 0.05) is 25.7 Å². The normalized spacial score (nSPS) is 24.8. The summed E-state index contributed by atoms with van der Waals surface area (Å²) in [7, 11) is 2.11. The van der Waals surface area contributed by atoms with Crippen molar-refractivity contribution >= 4 is 17.5 Å². The number of carbonyl (C=O) groups excluding carboxylic acids is 1. The molecule has 0 aromatic rings. The first-order valence-corrected chi connectivity index (χ1v) is 5.26. The molecule has 1 fully saturated rings. The van der Waals surface area contributed by atoms with Gasteiger partial charge in [0.15, 0.2) is 0 Å². The topological polar surface area (TPSA) is 23.6 Å². The van der Waals surface area contributed by atoms with Crippen LogP contribution < -0.4 is 0 Å². The third-order valence-corrected chi connectivity index (χ3v) is 2.94. The highest BCUT2D eigenvalue weighted by molar-refractivity contribution is 6.27. The van der Waals surface area contributed by atoms with Gasteiger partial charge in [0.25, 0.3) is 0 Å². The van der Waals surface area contributed by atoms with Gasteiger partial charge in [-0.15, -0.1) is 11.6 Å². The number of amides is 1. The predicted molar refractivity (Wildman–Crippen MR) is 54.0 cm³/mol. The zero-order valence-corrected chi connectivity index (χ0v) is 9.05. The number of rotatable bonds is 2. The molecule has 4 heteroatoms. The summed E-state index contributed by atoms with van der Waals surface area (Å²) < 4.78 is 0. The summed E-state index contributed by atoms with van der Waals surface area (Å²) in [6, 6.07) is 0.501. The van der Waals surface area contributed by atoms with E-state index in [0.717, 1.165) is 26.1 Å². The molecule has 13 heavy (non-hydrogen) atoms. The van der Waals surface area contributed by atoms with Gasteiger partial charge in [-0.25, -0.2) is 0 Å². The second kappa shape index (κ2) is 4.82. The van der Waals surface area contributed by atoms with Gasteiger partial charge in [0.2, 0.25) is 5.91 Å². The van der Waals surface area contributed by atoms with Crippen LogP contribution in [0.2, 0.25) is 0 Å². The first kappa shape index (κ1) is 10.8. The molecule has 0 saturated carbocycles. The molecule has 1 saturated heterocycles. The molecule has 0 bridgehead atoms. The Bertz CT molecular complexity index is 186. The van der Waals surface area contributed by atoms with E-state index >= 15 is 0 Å². The molecule has 76 valence electrons. The van der Waals surface area contributed by atoms with Crippen molar-refractivity contribution in [2.75, 3.05) is 32.6 Å². The predicted octanol–water partition coefficient (Wildman–Crippen LogP) is 0.778. The third-order valence-electron chi connectivity index (χ3n) is 2.72. The van der Waals surface area contributed by atoms with E-state index in [9.17, 15) is 4.79 Å². The van der Waals surface area contributed by atoms with E-state index in [-0.39, 0.29) is 11.8 Å². The highest BCUT2D eigenvalue weighted by Gasteiger charge is 2.25. The first-order valence-electron chi connectivity index (χ1n) is 4.73. The molecule has 1 heterocycles. The van der Waals surface area contributed by atoms with Crippen LogP contribution >= 0.6 is 11.6 Å². The van der Waals surface area contributed by atoms with Crippen molar-refractivity contribution in [1.29, 1.82) is 0 Å². The average molecular weight is 205 g/mol. The van der Waals surface area contributed by atoms with Crippen molar-refractivity contribution in [3.63, 3.8) is 0 Å². The Morgan fingerprint density at radius 2 is 2.23 bits per heavy atom. The molecule has 1 aliphatic rings. The highest BCUT2D eigenvalue weighted by Crippen LogP contribution is 2.10. The summed E-state index contributed by atoms with van der Waals surface area (Å²) in [6.45, 7) is 4.76. The van der Waals surface area contributed by atoms with Crippen LogP contribution in [0.4, 0.5) is 0 Å². The molecule has 3 nitrogen and oxygen atoms in total.